The van der Waals surface area contributed by atoms with Gasteiger partial charge in [-0.05, 0) is 36.5 Å². The van der Waals surface area contributed by atoms with E-state index in [2.05, 4.69) is 82.7 Å². The van der Waals surface area contributed by atoms with E-state index in [0.29, 0.717) is 12.0 Å². The maximum atomic E-state index is 3.68. The second-order valence-electron chi connectivity index (χ2n) is 5.43. The van der Waals surface area contributed by atoms with Crippen LogP contribution in [-0.4, -0.2) is 12.6 Å². The van der Waals surface area contributed by atoms with E-state index in [-0.39, 0.29) is 0 Å². The molecule has 3 heteroatoms. The van der Waals surface area contributed by atoms with Crippen LogP contribution in [-0.2, 0) is 5.33 Å². The van der Waals surface area contributed by atoms with Crippen molar-refractivity contribution in [2.24, 2.45) is 5.92 Å². The summed E-state index contributed by atoms with van der Waals surface area (Å²) in [5.41, 5.74) is 2.64. The first-order valence-corrected chi connectivity index (χ1v) is 9.05. The van der Waals surface area contributed by atoms with E-state index in [1.54, 1.807) is 0 Å². The van der Waals surface area contributed by atoms with Crippen LogP contribution in [0, 0.1) is 5.92 Å². The number of anilines is 1. The molecule has 0 bridgehead atoms. The molecular formula is C16H25Br2N. The lowest BCUT2D eigenvalue weighted by Gasteiger charge is -2.34. The van der Waals surface area contributed by atoms with Gasteiger partial charge in [0.15, 0.2) is 0 Å². The van der Waals surface area contributed by atoms with Crippen molar-refractivity contribution in [3.8, 4) is 0 Å². The summed E-state index contributed by atoms with van der Waals surface area (Å²) in [5, 5.41) is 0.892. The minimum absolute atomic E-state index is 0.629. The Hall–Kier alpha value is -0.0200. The third kappa shape index (κ3) is 4.78. The lowest BCUT2D eigenvalue weighted by molar-refractivity contribution is 0.507. The van der Waals surface area contributed by atoms with Gasteiger partial charge in [0.05, 0.1) is 0 Å². The van der Waals surface area contributed by atoms with E-state index >= 15 is 0 Å². The molecule has 0 unspecified atom stereocenters. The lowest BCUT2D eigenvalue weighted by atomic mass is 10.1. The average Bonchev–Trinajstić information content (AvgIpc) is 2.38. The molecule has 0 amide bonds. The molecule has 0 aromatic heterocycles. The zero-order chi connectivity index (χ0) is 14.4. The Morgan fingerprint density at radius 2 is 1.79 bits per heavy atom. The van der Waals surface area contributed by atoms with Crippen LogP contribution in [0.2, 0.25) is 0 Å². The Morgan fingerprint density at radius 3 is 2.21 bits per heavy atom. The Labute approximate surface area is 135 Å². The number of hydrogen-bond acceptors (Lipinski definition) is 1. The average molecular weight is 391 g/mol. The van der Waals surface area contributed by atoms with Gasteiger partial charge in [-0.15, -0.1) is 0 Å². The molecule has 0 aliphatic rings. The van der Waals surface area contributed by atoms with Crippen LogP contribution in [0.5, 0.6) is 0 Å². The van der Waals surface area contributed by atoms with Gasteiger partial charge in [-0.3, -0.25) is 0 Å². The minimum atomic E-state index is 0.629. The third-order valence-corrected chi connectivity index (χ3v) is 4.80. The highest BCUT2D eigenvalue weighted by Crippen LogP contribution is 2.28. The lowest BCUT2D eigenvalue weighted by Crippen LogP contribution is -2.37. The van der Waals surface area contributed by atoms with Crippen molar-refractivity contribution >= 4 is 37.5 Å². The van der Waals surface area contributed by atoms with Crippen LogP contribution in [0.25, 0.3) is 0 Å². The minimum Gasteiger partial charge on any atom is -0.368 e. The second-order valence-corrected chi connectivity index (χ2v) is 6.84. The maximum absolute atomic E-state index is 3.68. The van der Waals surface area contributed by atoms with Crippen molar-refractivity contribution in [2.45, 2.75) is 51.9 Å². The number of nitrogens with zero attached hydrogens (tertiary/aromatic N) is 1. The highest BCUT2D eigenvalue weighted by molar-refractivity contribution is 9.10. The van der Waals surface area contributed by atoms with Crippen LogP contribution in [0.15, 0.2) is 22.7 Å². The molecule has 0 spiro atoms. The number of halogens is 2. The van der Waals surface area contributed by atoms with E-state index < -0.39 is 0 Å². The van der Waals surface area contributed by atoms with E-state index in [4.69, 9.17) is 0 Å². The summed E-state index contributed by atoms with van der Waals surface area (Å²) in [6.45, 7) is 10.3. The van der Waals surface area contributed by atoms with Crippen molar-refractivity contribution in [3.05, 3.63) is 28.2 Å². The first-order valence-electron chi connectivity index (χ1n) is 7.14. The summed E-state index contributed by atoms with van der Waals surface area (Å²) >= 11 is 7.20. The molecule has 0 N–H and O–H groups in total. The number of rotatable bonds is 7. The highest BCUT2D eigenvalue weighted by Gasteiger charge is 2.17. The van der Waals surface area contributed by atoms with Gasteiger partial charge >= 0.3 is 0 Å². The molecule has 0 saturated heterocycles. The highest BCUT2D eigenvalue weighted by atomic mass is 79.9. The predicted octanol–water partition coefficient (Wildman–Crippen LogP) is 6.00. The van der Waals surface area contributed by atoms with Crippen molar-refractivity contribution in [3.63, 3.8) is 0 Å². The fourth-order valence-electron chi connectivity index (χ4n) is 2.41. The van der Waals surface area contributed by atoms with Gasteiger partial charge in [-0.1, -0.05) is 65.6 Å². The van der Waals surface area contributed by atoms with Crippen LogP contribution in [0.4, 0.5) is 5.69 Å². The first kappa shape index (κ1) is 17.0. The summed E-state index contributed by atoms with van der Waals surface area (Å²) in [7, 11) is 0. The Kier molecular flexibility index (Phi) is 7.45. The van der Waals surface area contributed by atoms with Gasteiger partial charge < -0.3 is 4.90 Å². The van der Waals surface area contributed by atoms with E-state index in [0.717, 1.165) is 11.9 Å². The van der Waals surface area contributed by atoms with Crippen LogP contribution < -0.4 is 4.90 Å². The summed E-state index contributed by atoms with van der Waals surface area (Å²) in [6.07, 6.45) is 2.39. The van der Waals surface area contributed by atoms with Crippen molar-refractivity contribution in [1.29, 1.82) is 0 Å². The summed E-state index contributed by atoms with van der Waals surface area (Å²) < 4.78 is 1.20. The molecule has 1 rings (SSSR count). The topological polar surface area (TPSA) is 3.24 Å². The largest absolute Gasteiger partial charge is 0.368 e. The third-order valence-electron chi connectivity index (χ3n) is 3.46. The van der Waals surface area contributed by atoms with Gasteiger partial charge in [-0.25, -0.2) is 0 Å². The number of hydrogen-bond donors (Lipinski definition) is 0. The van der Waals surface area contributed by atoms with E-state index in [1.807, 2.05) is 0 Å². The van der Waals surface area contributed by atoms with Gasteiger partial charge in [-0.2, -0.15) is 0 Å². The molecule has 1 nitrogen and oxygen atoms in total. The first-order chi connectivity index (χ1) is 9.03. The molecule has 1 aromatic rings. The monoisotopic (exact) mass is 389 g/mol. The maximum Gasteiger partial charge on any atom is 0.0380 e. The Balaban J connectivity index is 3.05. The molecule has 0 radical (unpaired) electrons. The van der Waals surface area contributed by atoms with Gasteiger partial charge in [0, 0.05) is 28.1 Å². The molecule has 0 atom stereocenters. The molecule has 0 fully saturated rings. The van der Waals surface area contributed by atoms with Gasteiger partial charge in [0.1, 0.15) is 0 Å². The number of benzene rings is 1. The van der Waals surface area contributed by atoms with Crippen LogP contribution >= 0.6 is 31.9 Å². The van der Waals surface area contributed by atoms with Crippen LogP contribution in [0.3, 0.4) is 0 Å². The summed E-state index contributed by atoms with van der Waals surface area (Å²) in [6, 6.07) is 7.35. The van der Waals surface area contributed by atoms with Crippen LogP contribution in [0.1, 0.15) is 46.1 Å². The molecule has 1 aromatic carbocycles. The molecule has 19 heavy (non-hydrogen) atoms. The van der Waals surface area contributed by atoms with Crippen molar-refractivity contribution < 1.29 is 0 Å². The SMILES string of the molecule is CCC(CC)N(CC(C)C)c1ccc(CBr)c(Br)c1. The number of alkyl halides is 1. The fourth-order valence-corrected chi connectivity index (χ4v) is 3.78. The molecule has 0 heterocycles. The molecule has 0 aliphatic carbocycles. The van der Waals surface area contributed by atoms with Crippen molar-refractivity contribution in [1.82, 2.24) is 0 Å². The molecule has 0 aliphatic heterocycles. The van der Waals surface area contributed by atoms with Gasteiger partial charge in [0.25, 0.3) is 0 Å². The standard InChI is InChI=1S/C16H25Br2N/c1-5-14(6-2)19(11-12(3)4)15-8-7-13(10-17)16(18)9-15/h7-9,12,14H,5-6,10-11H2,1-4H3. The summed E-state index contributed by atoms with van der Waals surface area (Å²) in [4.78, 5) is 2.56. The zero-order valence-corrected chi connectivity index (χ0v) is 15.6. The van der Waals surface area contributed by atoms with Crippen molar-refractivity contribution in [2.75, 3.05) is 11.4 Å². The molecule has 0 saturated carbocycles. The second kappa shape index (κ2) is 8.31. The molecular weight excluding hydrogens is 366 g/mol. The smallest absolute Gasteiger partial charge is 0.0380 e. The normalized spacial score (nSPS) is 11.4. The molecule has 108 valence electrons. The summed E-state index contributed by atoms with van der Waals surface area (Å²) in [5.74, 6) is 0.676. The van der Waals surface area contributed by atoms with E-state index in [1.165, 1.54) is 28.6 Å². The fraction of sp³-hybridized carbons (Fsp3) is 0.625. The zero-order valence-electron chi connectivity index (χ0n) is 12.4. The Morgan fingerprint density at radius 1 is 1.16 bits per heavy atom. The predicted molar refractivity (Wildman–Crippen MR) is 93.3 cm³/mol. The Bertz CT molecular complexity index is 386. The van der Waals surface area contributed by atoms with E-state index in [9.17, 15) is 0 Å². The quantitative estimate of drug-likeness (QED) is 0.516. The van der Waals surface area contributed by atoms with Gasteiger partial charge in [0.2, 0.25) is 0 Å².